The Morgan fingerprint density at radius 2 is 1.86 bits per heavy atom. The standard InChI is InChI=1S/C17H19F2NO/c1-12(16-9-15(18)6-7-17(16)19)20-10-13-4-3-5-14(8-13)11-21-2/h3-9,12,20H,10-11H2,1-2H3. The molecule has 0 bridgehead atoms. The molecule has 1 N–H and O–H groups in total. The van der Waals surface area contributed by atoms with Gasteiger partial charge < -0.3 is 10.1 Å². The van der Waals surface area contributed by atoms with Crippen molar-refractivity contribution in [2.24, 2.45) is 0 Å². The van der Waals surface area contributed by atoms with Gasteiger partial charge in [-0.1, -0.05) is 24.3 Å². The molecule has 0 fully saturated rings. The van der Waals surface area contributed by atoms with Gasteiger partial charge in [-0.05, 0) is 36.2 Å². The van der Waals surface area contributed by atoms with Crippen LogP contribution in [0.4, 0.5) is 8.78 Å². The van der Waals surface area contributed by atoms with Crippen LogP contribution in [0.5, 0.6) is 0 Å². The first kappa shape index (κ1) is 15.6. The minimum atomic E-state index is -0.429. The Hall–Kier alpha value is -1.78. The number of ether oxygens (including phenoxy) is 1. The van der Waals surface area contributed by atoms with Crippen molar-refractivity contribution in [2.45, 2.75) is 26.1 Å². The predicted molar refractivity (Wildman–Crippen MR) is 78.8 cm³/mol. The van der Waals surface area contributed by atoms with E-state index in [4.69, 9.17) is 4.74 Å². The maximum atomic E-state index is 13.7. The van der Waals surface area contributed by atoms with Crippen LogP contribution >= 0.6 is 0 Å². The smallest absolute Gasteiger partial charge is 0.128 e. The van der Waals surface area contributed by atoms with Gasteiger partial charge in [-0.25, -0.2) is 8.78 Å². The highest BCUT2D eigenvalue weighted by molar-refractivity contribution is 5.24. The second-order valence-corrected chi connectivity index (χ2v) is 5.02. The Morgan fingerprint density at radius 1 is 1.10 bits per heavy atom. The van der Waals surface area contributed by atoms with Crippen LogP contribution in [-0.4, -0.2) is 7.11 Å². The summed E-state index contributed by atoms with van der Waals surface area (Å²) < 4.78 is 32.0. The van der Waals surface area contributed by atoms with Gasteiger partial charge in [-0.2, -0.15) is 0 Å². The molecule has 0 aliphatic heterocycles. The van der Waals surface area contributed by atoms with E-state index in [1.54, 1.807) is 7.11 Å². The molecule has 0 aromatic heterocycles. The number of rotatable bonds is 6. The van der Waals surface area contributed by atoms with Crippen molar-refractivity contribution in [1.82, 2.24) is 5.32 Å². The summed E-state index contributed by atoms with van der Waals surface area (Å²) in [5.74, 6) is -0.827. The summed E-state index contributed by atoms with van der Waals surface area (Å²) in [4.78, 5) is 0. The topological polar surface area (TPSA) is 21.3 Å². The van der Waals surface area contributed by atoms with Gasteiger partial charge in [0.1, 0.15) is 11.6 Å². The number of halogens is 2. The van der Waals surface area contributed by atoms with Crippen LogP contribution in [0.1, 0.15) is 29.7 Å². The monoisotopic (exact) mass is 291 g/mol. The van der Waals surface area contributed by atoms with Gasteiger partial charge in [0.05, 0.1) is 6.61 Å². The largest absolute Gasteiger partial charge is 0.380 e. The lowest BCUT2D eigenvalue weighted by atomic mass is 10.1. The van der Waals surface area contributed by atoms with Crippen molar-refractivity contribution in [3.63, 3.8) is 0 Å². The number of methoxy groups -OCH3 is 1. The molecular weight excluding hydrogens is 272 g/mol. The van der Waals surface area contributed by atoms with Crippen LogP contribution in [0.2, 0.25) is 0 Å². The summed E-state index contributed by atoms with van der Waals surface area (Å²) in [6, 6.07) is 11.2. The molecule has 0 aliphatic carbocycles. The summed E-state index contributed by atoms with van der Waals surface area (Å²) in [6.07, 6.45) is 0. The zero-order valence-electron chi connectivity index (χ0n) is 12.2. The molecule has 0 radical (unpaired) electrons. The zero-order chi connectivity index (χ0) is 15.2. The molecule has 0 aliphatic rings. The van der Waals surface area contributed by atoms with E-state index in [1.807, 2.05) is 31.2 Å². The predicted octanol–water partition coefficient (Wildman–Crippen LogP) is 3.96. The van der Waals surface area contributed by atoms with Gasteiger partial charge in [0, 0.05) is 25.3 Å². The molecule has 0 amide bonds. The third kappa shape index (κ3) is 4.34. The molecule has 21 heavy (non-hydrogen) atoms. The Morgan fingerprint density at radius 3 is 2.62 bits per heavy atom. The number of hydrogen-bond acceptors (Lipinski definition) is 2. The normalized spacial score (nSPS) is 12.4. The molecule has 2 rings (SSSR count). The second kappa shape index (κ2) is 7.29. The van der Waals surface area contributed by atoms with Gasteiger partial charge >= 0.3 is 0 Å². The Labute approximate surface area is 123 Å². The third-order valence-corrected chi connectivity index (χ3v) is 3.34. The minimum absolute atomic E-state index is 0.271. The van der Waals surface area contributed by atoms with E-state index < -0.39 is 11.6 Å². The summed E-state index contributed by atoms with van der Waals surface area (Å²) in [5, 5.41) is 3.21. The molecule has 0 saturated heterocycles. The fraction of sp³-hybridized carbons (Fsp3) is 0.294. The van der Waals surface area contributed by atoms with E-state index in [9.17, 15) is 8.78 Å². The van der Waals surface area contributed by atoms with E-state index in [2.05, 4.69) is 5.32 Å². The molecule has 2 aromatic rings. The highest BCUT2D eigenvalue weighted by Crippen LogP contribution is 2.18. The number of benzene rings is 2. The summed E-state index contributed by atoms with van der Waals surface area (Å²) >= 11 is 0. The first-order valence-corrected chi connectivity index (χ1v) is 6.85. The van der Waals surface area contributed by atoms with Crippen molar-refractivity contribution >= 4 is 0 Å². The highest BCUT2D eigenvalue weighted by Gasteiger charge is 2.11. The van der Waals surface area contributed by atoms with Crippen LogP contribution in [-0.2, 0) is 17.9 Å². The van der Waals surface area contributed by atoms with Crippen LogP contribution in [0, 0.1) is 11.6 Å². The first-order chi connectivity index (χ1) is 10.1. The molecule has 2 aromatic carbocycles. The van der Waals surface area contributed by atoms with Crippen molar-refractivity contribution in [3.05, 3.63) is 70.8 Å². The lowest BCUT2D eigenvalue weighted by Crippen LogP contribution is -2.19. The van der Waals surface area contributed by atoms with Crippen LogP contribution in [0.25, 0.3) is 0 Å². The maximum absolute atomic E-state index is 13.7. The molecule has 4 heteroatoms. The van der Waals surface area contributed by atoms with Crippen molar-refractivity contribution in [3.8, 4) is 0 Å². The molecule has 0 heterocycles. The Balaban J connectivity index is 2.02. The van der Waals surface area contributed by atoms with Gasteiger partial charge in [-0.3, -0.25) is 0 Å². The van der Waals surface area contributed by atoms with E-state index >= 15 is 0 Å². The maximum Gasteiger partial charge on any atom is 0.128 e. The first-order valence-electron chi connectivity index (χ1n) is 6.85. The lowest BCUT2D eigenvalue weighted by molar-refractivity contribution is 0.185. The van der Waals surface area contributed by atoms with Crippen LogP contribution < -0.4 is 5.32 Å². The van der Waals surface area contributed by atoms with E-state index in [0.717, 1.165) is 23.3 Å². The van der Waals surface area contributed by atoms with Gasteiger partial charge in [0.25, 0.3) is 0 Å². The highest BCUT2D eigenvalue weighted by atomic mass is 19.1. The van der Waals surface area contributed by atoms with Gasteiger partial charge in [0.15, 0.2) is 0 Å². The van der Waals surface area contributed by atoms with Crippen molar-refractivity contribution in [2.75, 3.05) is 7.11 Å². The zero-order valence-corrected chi connectivity index (χ0v) is 12.2. The van der Waals surface area contributed by atoms with Gasteiger partial charge in [-0.15, -0.1) is 0 Å². The van der Waals surface area contributed by atoms with Crippen molar-refractivity contribution in [1.29, 1.82) is 0 Å². The van der Waals surface area contributed by atoms with E-state index in [1.165, 1.54) is 6.07 Å². The van der Waals surface area contributed by atoms with Gasteiger partial charge in [0.2, 0.25) is 0 Å². The summed E-state index contributed by atoms with van der Waals surface area (Å²) in [6.45, 7) is 2.95. The summed E-state index contributed by atoms with van der Waals surface area (Å²) in [5.41, 5.74) is 2.50. The fourth-order valence-corrected chi connectivity index (χ4v) is 2.22. The van der Waals surface area contributed by atoms with Crippen LogP contribution in [0.15, 0.2) is 42.5 Å². The lowest BCUT2D eigenvalue weighted by Gasteiger charge is -2.15. The molecule has 2 nitrogen and oxygen atoms in total. The Bertz CT molecular complexity index is 601. The quantitative estimate of drug-likeness (QED) is 0.869. The average Bonchev–Trinajstić information content (AvgIpc) is 2.48. The van der Waals surface area contributed by atoms with E-state index in [0.29, 0.717) is 18.7 Å². The fourth-order valence-electron chi connectivity index (χ4n) is 2.22. The summed E-state index contributed by atoms with van der Waals surface area (Å²) in [7, 11) is 1.65. The molecule has 1 atom stereocenters. The average molecular weight is 291 g/mol. The molecule has 0 saturated carbocycles. The Kier molecular flexibility index (Phi) is 5.42. The number of hydrogen-bond donors (Lipinski definition) is 1. The molecule has 0 spiro atoms. The molecule has 112 valence electrons. The molecule has 1 unspecified atom stereocenters. The molecular formula is C17H19F2NO. The van der Waals surface area contributed by atoms with E-state index in [-0.39, 0.29) is 6.04 Å². The van der Waals surface area contributed by atoms with Crippen molar-refractivity contribution < 1.29 is 13.5 Å². The third-order valence-electron chi connectivity index (χ3n) is 3.34. The second-order valence-electron chi connectivity index (χ2n) is 5.02. The SMILES string of the molecule is COCc1cccc(CNC(C)c2cc(F)ccc2F)c1. The number of nitrogens with one attached hydrogen (secondary N) is 1. The van der Waals surface area contributed by atoms with Crippen LogP contribution in [0.3, 0.4) is 0 Å². The minimum Gasteiger partial charge on any atom is -0.380 e.